The highest BCUT2D eigenvalue weighted by Crippen LogP contribution is 2.15. The van der Waals surface area contributed by atoms with Gasteiger partial charge in [-0.05, 0) is 25.7 Å². The molecule has 0 aromatic heterocycles. The quantitative estimate of drug-likeness (QED) is 0.0652. The molecule has 0 fully saturated rings. The Hall–Kier alpha value is -1.06. The number of carbonyl (C=O) groups is 2. The van der Waals surface area contributed by atoms with Crippen molar-refractivity contribution >= 4 is 11.8 Å². The first-order chi connectivity index (χ1) is 22.7. The second-order valence-corrected chi connectivity index (χ2v) is 14.5. The van der Waals surface area contributed by atoms with E-state index in [0.717, 1.165) is 38.8 Å². The van der Waals surface area contributed by atoms with Crippen molar-refractivity contribution in [2.24, 2.45) is 0 Å². The van der Waals surface area contributed by atoms with Crippen molar-refractivity contribution in [3.8, 4) is 0 Å². The van der Waals surface area contributed by atoms with Crippen LogP contribution in [0.4, 0.5) is 0 Å². The van der Waals surface area contributed by atoms with Gasteiger partial charge in [0.2, 0.25) is 11.8 Å². The summed E-state index contributed by atoms with van der Waals surface area (Å²) in [4.78, 5) is 24.2. The molecular weight excluding hydrogens is 564 g/mol. The van der Waals surface area contributed by atoms with Crippen LogP contribution in [0.25, 0.3) is 0 Å². The van der Waals surface area contributed by atoms with Crippen molar-refractivity contribution in [1.29, 1.82) is 0 Å². The van der Waals surface area contributed by atoms with Crippen LogP contribution in [0, 0.1) is 0 Å². The van der Waals surface area contributed by atoms with Crippen molar-refractivity contribution in [3.63, 3.8) is 0 Å². The zero-order valence-electron chi connectivity index (χ0n) is 31.7. The third-order valence-corrected chi connectivity index (χ3v) is 9.76. The molecule has 0 spiro atoms. The van der Waals surface area contributed by atoms with E-state index in [9.17, 15) is 9.59 Å². The molecule has 0 rings (SSSR count). The normalized spacial score (nSPS) is 11.3. The average molecular weight is 649 g/mol. The molecule has 0 saturated heterocycles. The van der Waals surface area contributed by atoms with Crippen molar-refractivity contribution < 1.29 is 9.59 Å². The lowest BCUT2D eigenvalue weighted by Crippen LogP contribution is -2.25. The van der Waals surface area contributed by atoms with Crippen LogP contribution in [0.1, 0.15) is 245 Å². The monoisotopic (exact) mass is 649 g/mol. The highest BCUT2D eigenvalue weighted by atomic mass is 16.2. The zero-order valence-corrected chi connectivity index (χ0v) is 31.7. The van der Waals surface area contributed by atoms with E-state index < -0.39 is 0 Å². The number of amides is 2. The molecule has 0 aliphatic carbocycles. The summed E-state index contributed by atoms with van der Waals surface area (Å²) in [6.07, 6.45) is 46.6. The number of unbranched alkanes of at least 4 members (excludes halogenated alkanes) is 31. The van der Waals surface area contributed by atoms with Crippen LogP contribution >= 0.6 is 0 Å². The Bertz CT molecular complexity index is 556. The number of carbonyl (C=O) groups excluding carboxylic acids is 2. The lowest BCUT2D eigenvalue weighted by atomic mass is 10.0. The maximum Gasteiger partial charge on any atom is 0.219 e. The lowest BCUT2D eigenvalue weighted by molar-refractivity contribution is -0.123. The molecule has 4 heteroatoms. The SMILES string of the molecule is CCCCCCCCCCCCCCCCCCNC(=O)CCCCC(=O)NCCCCCCCCCCCCCCCCCC. The van der Waals surface area contributed by atoms with E-state index >= 15 is 0 Å². The van der Waals surface area contributed by atoms with E-state index in [0.29, 0.717) is 12.8 Å². The molecule has 0 aromatic carbocycles. The second-order valence-electron chi connectivity index (χ2n) is 14.5. The minimum Gasteiger partial charge on any atom is -0.356 e. The Balaban J connectivity index is 3.25. The summed E-state index contributed by atoms with van der Waals surface area (Å²) in [7, 11) is 0. The van der Waals surface area contributed by atoms with Gasteiger partial charge in [0.15, 0.2) is 0 Å². The van der Waals surface area contributed by atoms with E-state index in [2.05, 4.69) is 24.5 Å². The third kappa shape index (κ3) is 39.1. The van der Waals surface area contributed by atoms with Gasteiger partial charge in [0.05, 0.1) is 0 Å². The van der Waals surface area contributed by atoms with Crippen molar-refractivity contribution in [2.45, 2.75) is 245 Å². The largest absolute Gasteiger partial charge is 0.356 e. The van der Waals surface area contributed by atoms with Crippen LogP contribution in [-0.4, -0.2) is 24.9 Å². The van der Waals surface area contributed by atoms with Gasteiger partial charge in [-0.1, -0.05) is 206 Å². The summed E-state index contributed by atoms with van der Waals surface area (Å²) in [6.45, 7) is 6.18. The topological polar surface area (TPSA) is 58.2 Å². The minimum absolute atomic E-state index is 0.148. The highest BCUT2D eigenvalue weighted by Gasteiger charge is 2.04. The molecule has 0 unspecified atom stereocenters. The zero-order chi connectivity index (χ0) is 33.4. The number of hydrogen-bond acceptors (Lipinski definition) is 2. The van der Waals surface area contributed by atoms with Gasteiger partial charge in [0, 0.05) is 25.9 Å². The Morgan fingerprint density at radius 2 is 0.478 bits per heavy atom. The van der Waals surface area contributed by atoms with Gasteiger partial charge in [-0.3, -0.25) is 9.59 Å². The van der Waals surface area contributed by atoms with Crippen LogP contribution in [0.3, 0.4) is 0 Å². The van der Waals surface area contributed by atoms with Crippen molar-refractivity contribution in [1.82, 2.24) is 10.6 Å². The fourth-order valence-electron chi connectivity index (χ4n) is 6.55. The van der Waals surface area contributed by atoms with E-state index in [1.54, 1.807) is 0 Å². The first-order valence-electron chi connectivity index (χ1n) is 21.2. The maximum absolute atomic E-state index is 12.1. The summed E-state index contributed by atoms with van der Waals surface area (Å²) < 4.78 is 0. The molecule has 2 amide bonds. The second kappa shape index (κ2) is 40.1. The first-order valence-corrected chi connectivity index (χ1v) is 21.2. The van der Waals surface area contributed by atoms with Crippen LogP contribution < -0.4 is 10.6 Å². The van der Waals surface area contributed by atoms with E-state index in [4.69, 9.17) is 0 Å². The van der Waals surface area contributed by atoms with Crippen molar-refractivity contribution in [3.05, 3.63) is 0 Å². The average Bonchev–Trinajstić information content (AvgIpc) is 3.06. The first kappa shape index (κ1) is 44.9. The molecule has 46 heavy (non-hydrogen) atoms. The molecule has 0 aliphatic heterocycles. The van der Waals surface area contributed by atoms with E-state index in [1.807, 2.05) is 0 Å². The summed E-state index contributed by atoms with van der Waals surface area (Å²) in [5.74, 6) is 0.295. The fourth-order valence-corrected chi connectivity index (χ4v) is 6.55. The van der Waals surface area contributed by atoms with Gasteiger partial charge in [-0.15, -0.1) is 0 Å². The van der Waals surface area contributed by atoms with Gasteiger partial charge < -0.3 is 10.6 Å². The Kier molecular flexibility index (Phi) is 39.2. The molecule has 2 N–H and O–H groups in total. The van der Waals surface area contributed by atoms with Crippen LogP contribution in [0.2, 0.25) is 0 Å². The number of rotatable bonds is 39. The van der Waals surface area contributed by atoms with Crippen molar-refractivity contribution in [2.75, 3.05) is 13.1 Å². The molecular formula is C42H84N2O2. The summed E-state index contributed by atoms with van der Waals surface area (Å²) in [6, 6.07) is 0. The molecule has 0 saturated carbocycles. The van der Waals surface area contributed by atoms with E-state index in [-0.39, 0.29) is 11.8 Å². The van der Waals surface area contributed by atoms with Crippen LogP contribution in [-0.2, 0) is 9.59 Å². The molecule has 4 nitrogen and oxygen atoms in total. The van der Waals surface area contributed by atoms with Gasteiger partial charge in [-0.2, -0.15) is 0 Å². The minimum atomic E-state index is 0.148. The lowest BCUT2D eigenvalue weighted by Gasteiger charge is -2.07. The number of hydrogen-bond donors (Lipinski definition) is 2. The smallest absolute Gasteiger partial charge is 0.219 e. The highest BCUT2D eigenvalue weighted by molar-refractivity contribution is 5.77. The fraction of sp³-hybridized carbons (Fsp3) is 0.952. The van der Waals surface area contributed by atoms with Gasteiger partial charge in [0.1, 0.15) is 0 Å². The molecule has 274 valence electrons. The van der Waals surface area contributed by atoms with Gasteiger partial charge in [0.25, 0.3) is 0 Å². The standard InChI is InChI=1S/C42H84N2O2/c1-3-5-7-9-11-13-15-17-19-21-23-25-27-29-31-35-39-43-41(45)37-33-34-38-42(46)44-40-36-32-30-28-26-24-22-20-18-16-14-12-10-8-6-4-2/h3-40H2,1-2H3,(H,43,45)(H,44,46). The summed E-state index contributed by atoms with van der Waals surface area (Å²) in [5.41, 5.74) is 0. The predicted octanol–water partition coefficient (Wildman–Crippen LogP) is 13.3. The Labute approximate surface area is 289 Å². The summed E-state index contributed by atoms with van der Waals surface area (Å²) >= 11 is 0. The molecule has 0 radical (unpaired) electrons. The molecule has 0 heterocycles. The molecule has 0 aromatic rings. The van der Waals surface area contributed by atoms with Crippen LogP contribution in [0.5, 0.6) is 0 Å². The van der Waals surface area contributed by atoms with E-state index in [1.165, 1.54) is 193 Å². The molecule has 0 bridgehead atoms. The predicted molar refractivity (Wildman–Crippen MR) is 204 cm³/mol. The van der Waals surface area contributed by atoms with Crippen LogP contribution in [0.15, 0.2) is 0 Å². The molecule has 0 atom stereocenters. The number of nitrogens with one attached hydrogen (secondary N) is 2. The van der Waals surface area contributed by atoms with Gasteiger partial charge in [-0.25, -0.2) is 0 Å². The Morgan fingerprint density at radius 3 is 0.696 bits per heavy atom. The maximum atomic E-state index is 12.1. The molecule has 0 aliphatic rings. The third-order valence-electron chi connectivity index (χ3n) is 9.76. The Morgan fingerprint density at radius 1 is 0.283 bits per heavy atom. The van der Waals surface area contributed by atoms with Gasteiger partial charge >= 0.3 is 0 Å². The summed E-state index contributed by atoms with van der Waals surface area (Å²) in [5, 5.41) is 6.14.